The number of benzene rings is 1. The van der Waals surface area contributed by atoms with Crippen molar-refractivity contribution in [2.45, 2.75) is 6.92 Å². The lowest BCUT2D eigenvalue weighted by Crippen LogP contribution is -2.48. The number of nitrogens with one attached hydrogen (secondary N) is 1. The van der Waals surface area contributed by atoms with Crippen molar-refractivity contribution in [1.29, 1.82) is 0 Å². The van der Waals surface area contributed by atoms with Gasteiger partial charge in [0, 0.05) is 37.8 Å². The standard InChI is InChI=1S/C16H18Cl2N4OS/c1-11-2-3-12(17)15(14(11)18)20-13(23)10-21-5-7-22(8-6-21)16-19-4-9-24-16/h2-4,9H,5-8,10H2,1H3,(H,20,23). The second kappa shape index (κ2) is 7.70. The summed E-state index contributed by atoms with van der Waals surface area (Å²) in [5.41, 5.74) is 1.37. The van der Waals surface area contributed by atoms with Gasteiger partial charge in [-0.1, -0.05) is 29.3 Å². The molecule has 0 unspecified atom stereocenters. The Balaban J connectivity index is 1.54. The molecular formula is C16H18Cl2N4OS. The Morgan fingerprint density at radius 1 is 1.29 bits per heavy atom. The molecule has 0 bridgehead atoms. The zero-order valence-corrected chi connectivity index (χ0v) is 15.6. The molecule has 1 aromatic heterocycles. The molecule has 0 aliphatic carbocycles. The number of carbonyl (C=O) groups is 1. The van der Waals surface area contributed by atoms with Crippen molar-refractivity contribution in [3.05, 3.63) is 39.3 Å². The molecule has 1 aliphatic rings. The van der Waals surface area contributed by atoms with E-state index in [-0.39, 0.29) is 5.91 Å². The predicted octanol–water partition coefficient (Wildman–Crippen LogP) is 3.52. The summed E-state index contributed by atoms with van der Waals surface area (Å²) in [4.78, 5) is 21.0. The smallest absolute Gasteiger partial charge is 0.238 e. The van der Waals surface area contributed by atoms with Crippen LogP contribution in [0.3, 0.4) is 0 Å². The molecule has 8 heteroatoms. The highest BCUT2D eigenvalue weighted by atomic mass is 35.5. The second-order valence-electron chi connectivity index (χ2n) is 5.68. The normalized spacial score (nSPS) is 15.5. The zero-order valence-electron chi connectivity index (χ0n) is 13.3. The third kappa shape index (κ3) is 4.00. The Morgan fingerprint density at radius 3 is 2.71 bits per heavy atom. The molecule has 1 fully saturated rings. The van der Waals surface area contributed by atoms with Gasteiger partial charge in [0.15, 0.2) is 5.13 Å². The molecule has 128 valence electrons. The monoisotopic (exact) mass is 384 g/mol. The van der Waals surface area contributed by atoms with Gasteiger partial charge in [-0.3, -0.25) is 9.69 Å². The number of piperazine rings is 1. The van der Waals surface area contributed by atoms with Crippen LogP contribution >= 0.6 is 34.5 Å². The van der Waals surface area contributed by atoms with Crippen molar-refractivity contribution in [2.24, 2.45) is 0 Å². The molecule has 0 spiro atoms. The number of rotatable bonds is 4. The maximum atomic E-state index is 12.3. The second-order valence-corrected chi connectivity index (χ2v) is 7.34. The maximum Gasteiger partial charge on any atom is 0.238 e. The highest BCUT2D eigenvalue weighted by Crippen LogP contribution is 2.32. The summed E-state index contributed by atoms with van der Waals surface area (Å²) < 4.78 is 0. The molecule has 0 saturated carbocycles. The molecule has 1 N–H and O–H groups in total. The van der Waals surface area contributed by atoms with Gasteiger partial charge in [0.25, 0.3) is 0 Å². The first-order valence-electron chi connectivity index (χ1n) is 7.66. The Hall–Kier alpha value is -1.34. The highest BCUT2D eigenvalue weighted by molar-refractivity contribution is 7.13. The van der Waals surface area contributed by atoms with Gasteiger partial charge >= 0.3 is 0 Å². The third-order valence-corrected chi connectivity index (χ3v) is 5.61. The summed E-state index contributed by atoms with van der Waals surface area (Å²) in [6.07, 6.45) is 1.81. The largest absolute Gasteiger partial charge is 0.346 e. The first kappa shape index (κ1) is 17.5. The molecule has 1 aliphatic heterocycles. The van der Waals surface area contributed by atoms with E-state index in [1.165, 1.54) is 0 Å². The Morgan fingerprint density at radius 2 is 2.04 bits per heavy atom. The van der Waals surface area contributed by atoms with Gasteiger partial charge in [-0.2, -0.15) is 0 Å². The first-order valence-corrected chi connectivity index (χ1v) is 9.29. The van der Waals surface area contributed by atoms with Gasteiger partial charge in [-0.05, 0) is 18.6 Å². The molecule has 24 heavy (non-hydrogen) atoms. The van der Waals surface area contributed by atoms with Crippen LogP contribution in [0.4, 0.5) is 10.8 Å². The number of nitrogens with zero attached hydrogens (tertiary/aromatic N) is 3. The number of anilines is 2. The average Bonchev–Trinajstić information content (AvgIpc) is 3.10. The molecule has 1 aromatic carbocycles. The number of hydrogen-bond acceptors (Lipinski definition) is 5. The molecule has 1 amide bonds. The number of aromatic nitrogens is 1. The molecule has 3 rings (SSSR count). The summed E-state index contributed by atoms with van der Waals surface area (Å²) >= 11 is 14.0. The van der Waals surface area contributed by atoms with E-state index in [1.54, 1.807) is 17.4 Å². The van der Waals surface area contributed by atoms with E-state index in [0.29, 0.717) is 22.3 Å². The lowest BCUT2D eigenvalue weighted by molar-refractivity contribution is -0.117. The van der Waals surface area contributed by atoms with Crippen molar-refractivity contribution >= 4 is 51.3 Å². The van der Waals surface area contributed by atoms with Crippen LogP contribution in [0.15, 0.2) is 23.7 Å². The van der Waals surface area contributed by atoms with Gasteiger partial charge in [0.1, 0.15) is 0 Å². The van der Waals surface area contributed by atoms with Crippen LogP contribution < -0.4 is 10.2 Å². The van der Waals surface area contributed by atoms with Crippen LogP contribution in [0.2, 0.25) is 10.0 Å². The van der Waals surface area contributed by atoms with Crippen LogP contribution in [-0.4, -0.2) is 48.5 Å². The summed E-state index contributed by atoms with van der Waals surface area (Å²) in [7, 11) is 0. The van der Waals surface area contributed by atoms with Crippen LogP contribution in [-0.2, 0) is 4.79 Å². The van der Waals surface area contributed by atoms with E-state index in [4.69, 9.17) is 23.2 Å². The summed E-state index contributed by atoms with van der Waals surface area (Å²) in [6.45, 7) is 5.59. The fourth-order valence-electron chi connectivity index (χ4n) is 2.62. The molecule has 0 radical (unpaired) electrons. The van der Waals surface area contributed by atoms with Gasteiger partial charge in [0.2, 0.25) is 5.91 Å². The lowest BCUT2D eigenvalue weighted by atomic mass is 10.2. The number of halogens is 2. The Kier molecular flexibility index (Phi) is 5.61. The fourth-order valence-corrected chi connectivity index (χ4v) is 3.78. The van der Waals surface area contributed by atoms with Crippen molar-refractivity contribution in [2.75, 3.05) is 42.9 Å². The topological polar surface area (TPSA) is 48.5 Å². The minimum atomic E-state index is -0.105. The highest BCUT2D eigenvalue weighted by Gasteiger charge is 2.21. The van der Waals surface area contributed by atoms with E-state index in [1.807, 2.05) is 24.6 Å². The summed E-state index contributed by atoms with van der Waals surface area (Å²) in [5.74, 6) is -0.105. The number of hydrogen-bond donors (Lipinski definition) is 1. The number of amides is 1. The first-order chi connectivity index (χ1) is 11.5. The molecular weight excluding hydrogens is 367 g/mol. The van der Waals surface area contributed by atoms with Gasteiger partial charge < -0.3 is 10.2 Å². The van der Waals surface area contributed by atoms with Crippen LogP contribution in [0.5, 0.6) is 0 Å². The number of thiazole rings is 1. The quantitative estimate of drug-likeness (QED) is 0.875. The summed E-state index contributed by atoms with van der Waals surface area (Å²) in [6, 6.07) is 3.57. The fraction of sp³-hybridized carbons (Fsp3) is 0.375. The van der Waals surface area contributed by atoms with E-state index < -0.39 is 0 Å². The van der Waals surface area contributed by atoms with Gasteiger partial charge in [-0.15, -0.1) is 11.3 Å². The van der Waals surface area contributed by atoms with Crippen molar-refractivity contribution < 1.29 is 4.79 Å². The van der Waals surface area contributed by atoms with Crippen LogP contribution in [0.25, 0.3) is 0 Å². The molecule has 2 heterocycles. The number of aryl methyl sites for hydroxylation is 1. The molecule has 5 nitrogen and oxygen atoms in total. The summed E-state index contributed by atoms with van der Waals surface area (Å²) in [5, 5.41) is 6.79. The SMILES string of the molecule is Cc1ccc(Cl)c(NC(=O)CN2CCN(c3nccs3)CC2)c1Cl. The molecule has 2 aromatic rings. The van der Waals surface area contributed by atoms with Gasteiger partial charge in [-0.25, -0.2) is 4.98 Å². The van der Waals surface area contributed by atoms with Crippen molar-refractivity contribution in [3.8, 4) is 0 Å². The number of carbonyl (C=O) groups excluding carboxylic acids is 1. The molecule has 1 saturated heterocycles. The maximum absolute atomic E-state index is 12.3. The van der Waals surface area contributed by atoms with E-state index in [9.17, 15) is 4.79 Å². The molecule has 0 atom stereocenters. The zero-order chi connectivity index (χ0) is 17.1. The van der Waals surface area contributed by atoms with Crippen molar-refractivity contribution in [1.82, 2.24) is 9.88 Å². The lowest BCUT2D eigenvalue weighted by Gasteiger charge is -2.34. The Bertz CT molecular complexity index is 715. The average molecular weight is 385 g/mol. The van der Waals surface area contributed by atoms with E-state index >= 15 is 0 Å². The van der Waals surface area contributed by atoms with E-state index in [0.717, 1.165) is 36.9 Å². The minimum absolute atomic E-state index is 0.105. The van der Waals surface area contributed by atoms with E-state index in [2.05, 4.69) is 20.1 Å². The van der Waals surface area contributed by atoms with Crippen LogP contribution in [0.1, 0.15) is 5.56 Å². The Labute approximate surface area is 155 Å². The third-order valence-electron chi connectivity index (χ3n) is 3.98. The minimum Gasteiger partial charge on any atom is -0.346 e. The van der Waals surface area contributed by atoms with Crippen molar-refractivity contribution in [3.63, 3.8) is 0 Å². The predicted molar refractivity (Wildman–Crippen MR) is 101 cm³/mol. The van der Waals surface area contributed by atoms with Crippen LogP contribution in [0, 0.1) is 6.92 Å². The van der Waals surface area contributed by atoms with Gasteiger partial charge in [0.05, 0.1) is 22.3 Å².